The number of fused-ring (bicyclic) bond motifs is 5. The van der Waals surface area contributed by atoms with E-state index in [4.69, 9.17) is 14.2 Å². The topological polar surface area (TPSA) is 105 Å². The molecule has 0 bridgehead atoms. The van der Waals surface area contributed by atoms with Crippen molar-refractivity contribution in [1.82, 2.24) is 0 Å². The molecule has 14 unspecified atom stereocenters. The summed E-state index contributed by atoms with van der Waals surface area (Å²) in [6.45, 7) is 16.6. The fourth-order valence-electron chi connectivity index (χ4n) is 12.7. The van der Waals surface area contributed by atoms with Gasteiger partial charge in [-0.05, 0) is 155 Å². The average molecular weight is 929 g/mol. The Morgan fingerprint density at radius 3 is 2.01 bits per heavy atom. The molecule has 4 fully saturated rings. The van der Waals surface area contributed by atoms with Crippen LogP contribution < -0.4 is 0 Å². The molecular formula is C60H96O7. The molecule has 0 aromatic heterocycles. The second kappa shape index (κ2) is 28.3. The summed E-state index contributed by atoms with van der Waals surface area (Å²) < 4.78 is 18.1. The van der Waals surface area contributed by atoms with Crippen molar-refractivity contribution >= 4 is 5.97 Å². The van der Waals surface area contributed by atoms with Gasteiger partial charge in [-0.25, -0.2) is 0 Å². The molecule has 0 radical (unpaired) electrons. The molecular weight excluding hydrogens is 833 g/mol. The second-order valence-corrected chi connectivity index (χ2v) is 22.3. The summed E-state index contributed by atoms with van der Waals surface area (Å²) in [5.74, 6) is 4.50. The van der Waals surface area contributed by atoms with E-state index >= 15 is 0 Å². The van der Waals surface area contributed by atoms with E-state index in [1.54, 1.807) is 0 Å². The number of unbranched alkanes of at least 4 members (excludes halogenated alkanes) is 7. The van der Waals surface area contributed by atoms with Gasteiger partial charge in [-0.15, -0.1) is 0 Å². The van der Waals surface area contributed by atoms with Crippen LogP contribution in [0.1, 0.15) is 190 Å². The predicted molar refractivity (Wildman–Crippen MR) is 276 cm³/mol. The van der Waals surface area contributed by atoms with Gasteiger partial charge in [-0.2, -0.15) is 0 Å². The Kier molecular flexibility index (Phi) is 23.4. The Balaban J connectivity index is 0.941. The first-order chi connectivity index (χ1) is 32.3. The van der Waals surface area contributed by atoms with Crippen molar-refractivity contribution in [2.24, 2.45) is 52.3 Å². The first-order valence-corrected chi connectivity index (χ1v) is 27.4. The number of ether oxygens (including phenoxy) is 3. The number of allylic oxidation sites excluding steroid dienone is 13. The molecule has 14 atom stereocenters. The molecule has 7 heteroatoms. The largest absolute Gasteiger partial charge is 0.463 e. The molecule has 1 aliphatic heterocycles. The van der Waals surface area contributed by atoms with Crippen molar-refractivity contribution in [2.45, 2.75) is 227 Å². The minimum absolute atomic E-state index is 0.150. The van der Waals surface area contributed by atoms with Crippen molar-refractivity contribution in [1.29, 1.82) is 0 Å². The standard InChI is InChI=1S/C60H96O7/c1-8-9-10-11-12-13-14-15-16-17-18-19-20-21-22-23-24-25-26-27-28-29-30-31-54(61)65-43-53-55(62)56(63)57(64)58(67-53)66-48-38-40-59(6)47(42-48)34-35-49-51-37-36-50(60(51,7)41-39-52(49)59)46(5)33-32-45(4)44(2)3/h9-10,12-13,15-16,18-19,21-22,32-34,44-46,48-53,55-58,62-64H,8,11,14,17,20,23-31,35-43H2,1-7H3/b10-9-,13-12-,16-15-,19-18-,22-21-,33-32+. The number of carbonyl (C=O) groups excluding carboxylic acids is 1. The molecule has 1 heterocycles. The van der Waals surface area contributed by atoms with Crippen LogP contribution in [-0.2, 0) is 19.0 Å². The Morgan fingerprint density at radius 1 is 0.731 bits per heavy atom. The predicted octanol–water partition coefficient (Wildman–Crippen LogP) is 14.0. The van der Waals surface area contributed by atoms with Gasteiger partial charge in [0.25, 0.3) is 0 Å². The molecule has 7 nitrogen and oxygen atoms in total. The maximum Gasteiger partial charge on any atom is 0.305 e. The van der Waals surface area contributed by atoms with Gasteiger partial charge in [0, 0.05) is 6.42 Å². The molecule has 0 spiro atoms. The number of hydrogen-bond donors (Lipinski definition) is 3. The summed E-state index contributed by atoms with van der Waals surface area (Å²) in [7, 11) is 0. The molecule has 5 aliphatic rings. The molecule has 3 saturated carbocycles. The van der Waals surface area contributed by atoms with E-state index < -0.39 is 30.7 Å². The third-order valence-electron chi connectivity index (χ3n) is 17.3. The maximum atomic E-state index is 12.7. The summed E-state index contributed by atoms with van der Waals surface area (Å²) in [6, 6.07) is 0. The third-order valence-corrected chi connectivity index (χ3v) is 17.3. The van der Waals surface area contributed by atoms with Crippen molar-refractivity contribution in [2.75, 3.05) is 6.61 Å². The van der Waals surface area contributed by atoms with E-state index in [9.17, 15) is 20.1 Å². The number of aliphatic hydroxyl groups excluding tert-OH is 3. The van der Waals surface area contributed by atoms with E-state index in [0.717, 1.165) is 101 Å². The number of carbonyl (C=O) groups is 1. The molecule has 1 saturated heterocycles. The van der Waals surface area contributed by atoms with Crippen LogP contribution in [-0.4, -0.2) is 64.7 Å². The minimum Gasteiger partial charge on any atom is -0.463 e. The highest BCUT2D eigenvalue weighted by atomic mass is 16.7. The van der Waals surface area contributed by atoms with Crippen molar-refractivity contribution in [3.63, 3.8) is 0 Å². The van der Waals surface area contributed by atoms with E-state index in [2.05, 4.69) is 127 Å². The summed E-state index contributed by atoms with van der Waals surface area (Å²) in [4.78, 5) is 12.7. The SMILES string of the molecule is CC/C=C\C/C=C\C/C=C\C/C=C\C/C=C\CCCCCCCCCC(=O)OCC1OC(OC2CCC3(C)C(=CCC4C3CCC3(C)C(C(C)/C=C/C(C)C(C)C)CCC43)C2)C(O)C(O)C1O. The van der Waals surface area contributed by atoms with Crippen LogP contribution in [0.5, 0.6) is 0 Å². The van der Waals surface area contributed by atoms with E-state index in [-0.39, 0.29) is 24.1 Å². The number of esters is 1. The lowest BCUT2D eigenvalue weighted by atomic mass is 9.47. The van der Waals surface area contributed by atoms with E-state index in [0.29, 0.717) is 35.5 Å². The quantitative estimate of drug-likeness (QED) is 0.0428. The Hall–Kier alpha value is -2.55. The number of hydrogen-bond acceptors (Lipinski definition) is 7. The highest BCUT2D eigenvalue weighted by Gasteiger charge is 2.59. The fourth-order valence-corrected chi connectivity index (χ4v) is 12.7. The monoisotopic (exact) mass is 929 g/mol. The molecule has 5 rings (SSSR count). The normalized spacial score (nSPS) is 34.5. The van der Waals surface area contributed by atoms with Gasteiger partial charge in [0.1, 0.15) is 31.0 Å². The zero-order chi connectivity index (χ0) is 48.2. The lowest BCUT2D eigenvalue weighted by molar-refractivity contribution is -0.313. The van der Waals surface area contributed by atoms with Crippen LogP contribution in [0.15, 0.2) is 84.6 Å². The summed E-state index contributed by atoms with van der Waals surface area (Å²) in [5.41, 5.74) is 2.03. The molecule has 67 heavy (non-hydrogen) atoms. The Labute approximate surface area is 408 Å². The smallest absolute Gasteiger partial charge is 0.305 e. The van der Waals surface area contributed by atoms with Crippen LogP contribution in [0.4, 0.5) is 0 Å². The van der Waals surface area contributed by atoms with Crippen molar-refractivity contribution in [3.05, 3.63) is 84.6 Å². The zero-order valence-electron chi connectivity index (χ0n) is 43.2. The maximum absolute atomic E-state index is 12.7. The Bertz CT molecular complexity index is 1670. The summed E-state index contributed by atoms with van der Waals surface area (Å²) in [5, 5.41) is 32.6. The van der Waals surface area contributed by atoms with Crippen LogP contribution >= 0.6 is 0 Å². The lowest BCUT2D eigenvalue weighted by Gasteiger charge is -2.58. The lowest BCUT2D eigenvalue weighted by Crippen LogP contribution is -2.60. The van der Waals surface area contributed by atoms with Crippen molar-refractivity contribution < 1.29 is 34.3 Å². The first-order valence-electron chi connectivity index (χ1n) is 27.4. The molecule has 3 N–H and O–H groups in total. The fraction of sp³-hybridized carbons (Fsp3) is 0.750. The highest BCUT2D eigenvalue weighted by Crippen LogP contribution is 2.67. The molecule has 0 amide bonds. The second-order valence-electron chi connectivity index (χ2n) is 22.3. The number of aliphatic hydroxyl groups is 3. The van der Waals surface area contributed by atoms with Gasteiger partial charge in [0.2, 0.25) is 0 Å². The summed E-state index contributed by atoms with van der Waals surface area (Å²) >= 11 is 0. The molecule has 0 aromatic rings. The Morgan fingerprint density at radius 2 is 1.36 bits per heavy atom. The van der Waals surface area contributed by atoms with Gasteiger partial charge < -0.3 is 29.5 Å². The van der Waals surface area contributed by atoms with Gasteiger partial charge >= 0.3 is 5.97 Å². The average Bonchev–Trinajstić information content (AvgIpc) is 3.68. The number of rotatable bonds is 27. The molecule has 378 valence electrons. The third kappa shape index (κ3) is 16.0. The van der Waals surface area contributed by atoms with Gasteiger partial charge in [0.15, 0.2) is 6.29 Å². The first kappa shape index (κ1) is 55.4. The van der Waals surface area contributed by atoms with E-state index in [1.807, 2.05) is 0 Å². The van der Waals surface area contributed by atoms with Crippen LogP contribution in [0.25, 0.3) is 0 Å². The van der Waals surface area contributed by atoms with Crippen LogP contribution in [0.3, 0.4) is 0 Å². The van der Waals surface area contributed by atoms with Gasteiger partial charge in [0.05, 0.1) is 6.10 Å². The molecule has 4 aliphatic carbocycles. The van der Waals surface area contributed by atoms with Gasteiger partial charge in [-0.1, -0.05) is 165 Å². The summed E-state index contributed by atoms with van der Waals surface area (Å²) in [6.07, 6.45) is 46.7. The molecule has 0 aromatic carbocycles. The van der Waals surface area contributed by atoms with Gasteiger partial charge in [-0.3, -0.25) is 4.79 Å². The minimum atomic E-state index is -1.46. The highest BCUT2D eigenvalue weighted by molar-refractivity contribution is 5.69. The van der Waals surface area contributed by atoms with Crippen molar-refractivity contribution in [3.8, 4) is 0 Å². The van der Waals surface area contributed by atoms with E-state index in [1.165, 1.54) is 56.9 Å². The van der Waals surface area contributed by atoms with Crippen LogP contribution in [0.2, 0.25) is 0 Å². The van der Waals surface area contributed by atoms with Crippen LogP contribution in [0, 0.1) is 52.3 Å². The zero-order valence-corrected chi connectivity index (χ0v) is 43.2.